The molecule has 3 N–H and O–H groups in total. The van der Waals surface area contributed by atoms with Crippen LogP contribution in [0, 0.1) is 99.1 Å². The van der Waals surface area contributed by atoms with Crippen molar-refractivity contribution in [3.05, 3.63) is 91.8 Å². The number of unbranched alkanes of at least 4 members (excludes halogenated alkanes) is 3. The molecule has 26 heteroatoms. The highest BCUT2D eigenvalue weighted by molar-refractivity contribution is 6.31. The predicted octanol–water partition coefficient (Wildman–Crippen LogP) is 22.7. The average Bonchev–Trinajstić information content (AvgIpc) is 1.61. The number of benzene rings is 2. The van der Waals surface area contributed by atoms with E-state index >= 15 is 0 Å². The standard InChI is InChI=1S/C40H55N3O7.C19H24ClN3O4.2C19H30O4.2CH4.13H2/c1-11-13-14-15-26-27-18-24(27)19-32(26)48-34(44)21-28(39(4,5)6)37(45)43-22-33(23(3)35(43)38(46)50-40(7,8)9)49-36-29(12-2)41-30-17-16-25(47-10)20-31(30)42-36;1-10-14(9-21-15(10)18(24)27-19(2,3)4)26-17-16(20)22-12-7-6-11(25-5)8-13(12)23-17;2*1-5-6-7-8-13-14-9-12(14)10-16(13)23-17(20)11-15(18(21)22)19(2,3)4;;;;;;;;;;;;;;;/h11-12,16-17,20,23-24,26-28,32-33,35H,1-2,13-15,18-19,21-22H2,3-10H3;6-8,10,14-15,21H,9H2,1-5H3;2*5,12-16H,1,6-11H2,2-4H3,(H,21,22);2*1H4;13*1H/t23-,24+,26-,27+,28-,32-,33+,35+;10-,14+,15+;12-,13+,14-,15+,16+;12-,13+,14-,15-,16+;;;;;;;;;;;;;;;/m1101.............../s1/i;;;;;;12*1+1D;1+1. The molecule has 4 aromatic rings. The second kappa shape index (κ2) is 43.9. The number of rotatable bonds is 33. The minimum atomic E-state index is -0.940. The molecule has 2 saturated heterocycles. The summed E-state index contributed by atoms with van der Waals surface area (Å²) in [5.41, 5.74) is 0.110. The van der Waals surface area contributed by atoms with Gasteiger partial charge in [0.05, 0.1) is 79.8 Å². The first-order valence-corrected chi connectivity index (χ1v) is 44.8. The second-order valence-electron chi connectivity index (χ2n) is 40.5. The molecular formula is C99H173ClN6O19. The van der Waals surface area contributed by atoms with Gasteiger partial charge >= 0.3 is 41.8 Å². The minimum absolute atomic E-state index is 0. The first kappa shape index (κ1) is 85.7. The number of esters is 5. The fourth-order valence-electron chi connectivity index (χ4n) is 18.7. The molecule has 2 aliphatic heterocycles. The third-order valence-electron chi connectivity index (χ3n) is 25.9. The molecule has 125 heavy (non-hydrogen) atoms. The van der Waals surface area contributed by atoms with Crippen LogP contribution in [0.5, 0.6) is 23.3 Å². The van der Waals surface area contributed by atoms with Gasteiger partial charge in [0.15, 0.2) is 5.15 Å². The molecule has 0 radical (unpaired) electrons. The molecule has 720 valence electrons. The minimum Gasteiger partial charge on any atom is -0.497 e. The van der Waals surface area contributed by atoms with Gasteiger partial charge in [-0.2, -0.15) is 0 Å². The number of amides is 1. The molecule has 21 atom stereocenters. The van der Waals surface area contributed by atoms with Crippen LogP contribution in [-0.4, -0.2) is 164 Å². The van der Waals surface area contributed by atoms with E-state index in [-0.39, 0.29) is 119 Å². The van der Waals surface area contributed by atoms with Crippen molar-refractivity contribution in [3.8, 4) is 23.3 Å². The Kier molecular flexibility index (Phi) is 30.1. The molecule has 6 saturated carbocycles. The van der Waals surface area contributed by atoms with Crippen LogP contribution in [0.2, 0.25) is 5.15 Å². The Morgan fingerprint density at radius 2 is 0.904 bits per heavy atom. The summed E-state index contributed by atoms with van der Waals surface area (Å²) in [6.45, 7) is 47.5. The summed E-state index contributed by atoms with van der Waals surface area (Å²) in [4.78, 5) is 122. The summed E-state index contributed by atoms with van der Waals surface area (Å²) < 4.78 is 172. The zero-order valence-corrected chi connectivity index (χ0v) is 77.1. The molecule has 2 aromatic carbocycles. The van der Waals surface area contributed by atoms with Crippen LogP contribution in [-0.2, 0) is 62.0 Å². The molecule has 8 aliphatic rings. The van der Waals surface area contributed by atoms with E-state index in [2.05, 4.69) is 46.6 Å². The lowest BCUT2D eigenvalue weighted by atomic mass is 9.77. The molecule has 1 amide bonds. The number of aliphatic carboxylic acids is 2. The van der Waals surface area contributed by atoms with E-state index in [0.29, 0.717) is 75.4 Å². The van der Waals surface area contributed by atoms with Crippen molar-refractivity contribution < 1.29 is 128 Å². The summed E-state index contributed by atoms with van der Waals surface area (Å²) in [6, 6.07) is 9.35. The van der Waals surface area contributed by atoms with Crippen molar-refractivity contribution in [2.24, 2.45) is 99.1 Å². The third-order valence-corrected chi connectivity index (χ3v) is 26.1. The molecule has 25 nitrogen and oxygen atoms in total. The fraction of sp³-hybridized carbons (Fsp3) is 0.677. The molecular weight excluding hydrogens is 1610 g/mol. The second-order valence-corrected chi connectivity index (χ2v) is 40.9. The van der Waals surface area contributed by atoms with E-state index < -0.39 is 87.2 Å². The van der Waals surface area contributed by atoms with Gasteiger partial charge in [-0.25, -0.2) is 24.7 Å². The molecule has 8 fully saturated rings. The number of carboxylic acids is 2. The van der Waals surface area contributed by atoms with E-state index in [1.165, 1.54) is 19.3 Å². The van der Waals surface area contributed by atoms with E-state index in [1.807, 2.05) is 121 Å². The quantitative estimate of drug-likeness (QED) is 0.0173. The van der Waals surface area contributed by atoms with Crippen molar-refractivity contribution >= 4 is 87.4 Å². The van der Waals surface area contributed by atoms with Crippen molar-refractivity contribution in [1.29, 1.82) is 0 Å². The maximum absolute atomic E-state index is 14.6. The van der Waals surface area contributed by atoms with Crippen molar-refractivity contribution in [2.75, 3.05) is 27.3 Å². The third kappa shape index (κ3) is 28.1. The number of nitrogens with zero attached hydrogens (tertiary/aromatic N) is 5. The molecule has 0 spiro atoms. The van der Waals surface area contributed by atoms with Gasteiger partial charge in [-0.3, -0.25) is 33.6 Å². The van der Waals surface area contributed by atoms with Crippen molar-refractivity contribution in [1.82, 2.24) is 30.2 Å². The van der Waals surface area contributed by atoms with E-state index in [0.717, 1.165) is 101 Å². The van der Waals surface area contributed by atoms with Gasteiger partial charge in [0.25, 0.3) is 5.88 Å². The number of hydrogen-bond acceptors (Lipinski definition) is 22. The molecule has 4 heterocycles. The smallest absolute Gasteiger partial charge is 0.329 e. The topological polar surface area (TPSA) is 327 Å². The molecule has 2 aromatic heterocycles. The van der Waals surface area contributed by atoms with Gasteiger partial charge in [0.2, 0.25) is 11.8 Å². The predicted molar refractivity (Wildman–Crippen MR) is 513 cm³/mol. The van der Waals surface area contributed by atoms with Gasteiger partial charge in [-0.15, -0.1) is 19.7 Å². The highest BCUT2D eigenvalue weighted by Crippen LogP contribution is 2.60. The highest BCUT2D eigenvalue weighted by atomic mass is 35.5. The lowest BCUT2D eigenvalue weighted by Gasteiger charge is -2.35. The van der Waals surface area contributed by atoms with Crippen molar-refractivity contribution in [3.63, 3.8) is 0 Å². The van der Waals surface area contributed by atoms with Crippen LogP contribution in [0.15, 0.2) is 80.9 Å². The number of carbonyl (C=O) groups excluding carboxylic acids is 6. The fourth-order valence-corrected chi connectivity index (χ4v) is 18.9. The SMILES string of the molecule is C.C.C=CCCC[C@@H]1[C@H]2C[C@H]2C[C@H]1OC(=O)C[C@H](C(=O)N1C[C@H](Oc2nc3cc(OC)ccc3nc2C=C)[C@@H](C)[C@H]1C(=O)OC(C)(C)C)C(C)(C)C.C=CCCC[C@@H]1[C@H]2C[C@H]2C[C@H]1OC(=O)C[C@H](C(=O)O)C(C)(C)C.C=CCCC[C@H]1[C@@H]2C[C@@H]2C[C@@H]1OC(=O)C[C@H](C(=O)O)C(C)(C)C.COc1ccc2nc(Cl)c(O[C@H]3CN[C@H](C(=O)OC(C)(C)C)[C@@H]3C)nc2c1.[2HH].[2H][2H].[2H][2H].[2H][2H].[2H][2H].[2H][2H].[2H][2H].[2H][2H].[2H][2H].[2H][2H].[2H][2H].[2H][2H].[2H][2H]. The summed E-state index contributed by atoms with van der Waals surface area (Å²) in [7, 11) is 3.17. The van der Waals surface area contributed by atoms with E-state index in [1.54, 1.807) is 76.3 Å². The Morgan fingerprint density at radius 1 is 0.520 bits per heavy atom. The number of allylic oxidation sites excluding steroid dienone is 3. The summed E-state index contributed by atoms with van der Waals surface area (Å²) in [6.07, 6.45) is 22.1. The highest BCUT2D eigenvalue weighted by Gasteiger charge is 2.58. The van der Waals surface area contributed by atoms with Crippen LogP contribution in [0.4, 0.5) is 0 Å². The van der Waals surface area contributed by atoms with Gasteiger partial charge in [-0.05, 0) is 238 Å². The number of halogens is 1. The van der Waals surface area contributed by atoms with Crippen LogP contribution >= 0.6 is 11.6 Å². The maximum atomic E-state index is 14.6. The molecule has 0 bridgehead atoms. The zero-order chi connectivity index (χ0) is 115. The van der Waals surface area contributed by atoms with E-state index in [9.17, 15) is 48.6 Å². The summed E-state index contributed by atoms with van der Waals surface area (Å²) >= 11 is 6.25. The van der Waals surface area contributed by atoms with E-state index in [4.69, 9.17) is 94.9 Å². The molecule has 0 unspecified atom stereocenters. The van der Waals surface area contributed by atoms with Crippen LogP contribution < -0.4 is 24.3 Å². The maximum Gasteiger partial charge on any atom is 0.329 e. The molecule has 6 aliphatic carbocycles. The number of nitrogens with one attached hydrogen (secondary N) is 1. The number of carbonyl (C=O) groups is 8. The van der Waals surface area contributed by atoms with Gasteiger partial charge in [0, 0.05) is 67.6 Å². The number of aromatic nitrogens is 4. The summed E-state index contributed by atoms with van der Waals surface area (Å²) in [5.74, 6) is 0.424. The van der Waals surface area contributed by atoms with Crippen LogP contribution in [0.25, 0.3) is 28.1 Å². The average molecular weight is 1810 g/mol. The molecule has 12 rings (SSSR count). The lowest BCUT2D eigenvalue weighted by molar-refractivity contribution is -0.167. The number of fused-ring (bicyclic) bond motifs is 5. The number of likely N-dealkylation sites (tertiary alicyclic amines) is 1. The number of ether oxygens (including phenoxy) is 9. The lowest BCUT2D eigenvalue weighted by Crippen LogP contribution is -2.50. The monoisotopic (exact) mass is 1810 g/mol. The van der Waals surface area contributed by atoms with Crippen LogP contribution in [0.3, 0.4) is 0 Å². The number of methoxy groups -OCH3 is 2. The largest absolute Gasteiger partial charge is 0.497 e. The van der Waals surface area contributed by atoms with Gasteiger partial charge in [-0.1, -0.05) is 127 Å². The Balaban J connectivity index is -0.000000353. The first-order chi connectivity index (χ1) is 69.7. The Hall–Kier alpha value is -8.71. The Labute approximate surface area is 786 Å². The van der Waals surface area contributed by atoms with Crippen LogP contribution in [0.1, 0.15) is 291 Å². The first-order valence-electron chi connectivity index (χ1n) is 56.4. The Morgan fingerprint density at radius 3 is 1.28 bits per heavy atom. The van der Waals surface area contributed by atoms with Gasteiger partial charge < -0.3 is 63.1 Å². The zero-order valence-electron chi connectivity index (χ0n) is 100. The summed E-state index contributed by atoms with van der Waals surface area (Å²) in [5, 5.41) is 22.0. The normalized spacial score (nSPS) is 27.5. The number of hydrogen-bond donors (Lipinski definition) is 3. The number of carboxylic acid groups (broad SMARTS) is 2. The Bertz CT molecular complexity index is 4430. The van der Waals surface area contributed by atoms with Crippen molar-refractivity contribution in [2.45, 2.75) is 302 Å². The van der Waals surface area contributed by atoms with Gasteiger partial charge in [0.1, 0.15) is 71.0 Å².